The van der Waals surface area contributed by atoms with E-state index in [-0.39, 0.29) is 20.1 Å². The van der Waals surface area contributed by atoms with Crippen molar-refractivity contribution in [2.24, 2.45) is 7.05 Å². The molecule has 0 bridgehead atoms. The largest absolute Gasteiger partial charge is 0.573 e. The Kier molecular flexibility index (Phi) is 6.65. The van der Waals surface area contributed by atoms with Crippen LogP contribution in [0.2, 0.25) is 0 Å². The second-order valence-corrected chi connectivity index (χ2v) is 6.29. The van der Waals surface area contributed by atoms with Crippen molar-refractivity contribution in [2.45, 2.75) is 0 Å². The molecule has 0 aliphatic carbocycles. The van der Waals surface area contributed by atoms with Gasteiger partial charge in [-0.2, -0.15) is 5.10 Å². The Morgan fingerprint density at radius 2 is 1.93 bits per heavy atom. The van der Waals surface area contributed by atoms with Crippen LogP contribution < -0.4 is 5.10 Å². The van der Waals surface area contributed by atoms with Gasteiger partial charge in [-0.3, -0.25) is 9.78 Å². The van der Waals surface area contributed by atoms with Crippen molar-refractivity contribution < 1.29 is 20.1 Å². The fourth-order valence-corrected chi connectivity index (χ4v) is 2.94. The van der Waals surface area contributed by atoms with E-state index in [1.165, 1.54) is 0 Å². The first-order chi connectivity index (χ1) is 13.3. The van der Waals surface area contributed by atoms with Crippen LogP contribution in [-0.2, 0) is 27.2 Å². The van der Waals surface area contributed by atoms with E-state index < -0.39 is 0 Å². The summed E-state index contributed by atoms with van der Waals surface area (Å²) < 4.78 is 3.34. The number of hydrogen-bond donors (Lipinski definition) is 0. The summed E-state index contributed by atoms with van der Waals surface area (Å²) in [7, 11) is 1.83. The summed E-state index contributed by atoms with van der Waals surface area (Å²) in [4.78, 5) is 4.21. The summed E-state index contributed by atoms with van der Waals surface area (Å²) in [6, 6.07) is 13.8. The minimum Gasteiger partial charge on any atom is -0.573 e. The standard InChI is InChI=1S/C12H8N3S.C7H7N4.Ir/c1-2-4-9(5-3-1)10-6-11(15-14-10)12-7-16-8-13-12;1-10-6-7(5-9-10)11-4-2-3-8-11;/h1-8H;2-5H,1H3;/q2*-1;. The van der Waals surface area contributed by atoms with E-state index in [9.17, 15) is 0 Å². The summed E-state index contributed by atoms with van der Waals surface area (Å²) >= 11 is 1.56. The first-order valence-electron chi connectivity index (χ1n) is 8.15. The SMILES string of the molecule is Cn1[c-]c(-n2cccn2)cn1.[Ir].c1ccc(-c2cc(-c3cscn3)[n-]n2)cc1. The predicted octanol–water partition coefficient (Wildman–Crippen LogP) is 3.23. The molecule has 0 saturated carbocycles. The van der Waals surface area contributed by atoms with E-state index in [0.717, 1.165) is 28.3 Å². The topological polar surface area (TPSA) is 75.5 Å². The van der Waals surface area contributed by atoms with Crippen LogP contribution in [0.3, 0.4) is 0 Å². The molecule has 0 aliphatic heterocycles. The maximum absolute atomic E-state index is 4.21. The minimum atomic E-state index is 0. The Hall–Kier alpha value is -2.87. The zero-order valence-corrected chi connectivity index (χ0v) is 18.0. The fourth-order valence-electron chi connectivity index (χ4n) is 2.40. The first-order valence-corrected chi connectivity index (χ1v) is 9.09. The van der Waals surface area contributed by atoms with Gasteiger partial charge in [0.1, 0.15) is 0 Å². The molecule has 0 N–H and O–H groups in total. The Labute approximate surface area is 179 Å². The van der Waals surface area contributed by atoms with Crippen LogP contribution in [-0.4, -0.2) is 29.6 Å². The average molecular weight is 566 g/mol. The van der Waals surface area contributed by atoms with Crippen molar-refractivity contribution in [1.29, 1.82) is 0 Å². The van der Waals surface area contributed by atoms with E-state index in [2.05, 4.69) is 31.6 Å². The monoisotopic (exact) mass is 566 g/mol. The van der Waals surface area contributed by atoms with Gasteiger partial charge >= 0.3 is 0 Å². The molecule has 0 amide bonds. The molecule has 0 fully saturated rings. The van der Waals surface area contributed by atoms with Crippen LogP contribution in [0.25, 0.3) is 28.3 Å². The van der Waals surface area contributed by atoms with Crippen molar-refractivity contribution in [3.05, 3.63) is 78.1 Å². The van der Waals surface area contributed by atoms with Crippen LogP contribution in [0, 0.1) is 6.20 Å². The predicted molar refractivity (Wildman–Crippen MR) is 103 cm³/mol. The Morgan fingerprint density at radius 3 is 2.57 bits per heavy atom. The summed E-state index contributed by atoms with van der Waals surface area (Å²) in [5.74, 6) is 0. The number of aryl methyl sites for hydroxylation is 1. The third-order valence-electron chi connectivity index (χ3n) is 3.68. The van der Waals surface area contributed by atoms with E-state index in [1.807, 2.05) is 61.1 Å². The molecule has 9 heteroatoms. The quantitative estimate of drug-likeness (QED) is 0.314. The van der Waals surface area contributed by atoms with E-state index in [1.54, 1.807) is 38.6 Å². The number of rotatable bonds is 3. The maximum atomic E-state index is 4.21. The molecule has 1 aromatic carbocycles. The number of nitrogens with zero attached hydrogens (tertiary/aromatic N) is 7. The van der Waals surface area contributed by atoms with Crippen molar-refractivity contribution in [3.8, 4) is 28.3 Å². The van der Waals surface area contributed by atoms with Gasteiger partial charge in [-0.25, -0.2) is 4.98 Å². The molecular formula is C19H15IrN7S-2. The molecule has 0 aliphatic rings. The number of aromatic nitrogens is 7. The second kappa shape index (κ2) is 9.36. The molecule has 5 aromatic rings. The Balaban J connectivity index is 0.000000165. The van der Waals surface area contributed by atoms with Crippen LogP contribution in [0.15, 0.2) is 71.9 Å². The van der Waals surface area contributed by atoms with Crippen LogP contribution in [0.4, 0.5) is 0 Å². The molecule has 0 atom stereocenters. The molecule has 143 valence electrons. The van der Waals surface area contributed by atoms with E-state index in [4.69, 9.17) is 0 Å². The molecule has 4 aromatic heterocycles. The van der Waals surface area contributed by atoms with Crippen molar-refractivity contribution in [3.63, 3.8) is 0 Å². The van der Waals surface area contributed by atoms with Crippen LogP contribution in [0.5, 0.6) is 0 Å². The molecule has 0 saturated heterocycles. The summed E-state index contributed by atoms with van der Waals surface area (Å²) in [5, 5.41) is 18.3. The van der Waals surface area contributed by atoms with Gasteiger partial charge in [0, 0.05) is 50.6 Å². The summed E-state index contributed by atoms with van der Waals surface area (Å²) in [5.41, 5.74) is 6.35. The molecule has 4 heterocycles. The number of hydrogen-bond acceptors (Lipinski definition) is 5. The third kappa shape index (κ3) is 4.69. The van der Waals surface area contributed by atoms with E-state index in [0.29, 0.717) is 0 Å². The number of benzene rings is 1. The van der Waals surface area contributed by atoms with Crippen molar-refractivity contribution in [1.82, 2.24) is 34.7 Å². The van der Waals surface area contributed by atoms with E-state index >= 15 is 0 Å². The van der Waals surface area contributed by atoms with Crippen LogP contribution in [0.1, 0.15) is 0 Å². The smallest absolute Gasteiger partial charge is 0.0798 e. The molecular weight excluding hydrogens is 551 g/mol. The molecule has 5 rings (SSSR count). The van der Waals surface area contributed by atoms with Gasteiger partial charge in [-0.05, 0) is 17.7 Å². The first kappa shape index (κ1) is 19.9. The van der Waals surface area contributed by atoms with Gasteiger partial charge in [-0.1, -0.05) is 47.9 Å². The van der Waals surface area contributed by atoms with Gasteiger partial charge < -0.3 is 14.9 Å². The maximum Gasteiger partial charge on any atom is 0.0798 e. The van der Waals surface area contributed by atoms with Gasteiger partial charge in [0.15, 0.2) is 0 Å². The Morgan fingerprint density at radius 1 is 1.07 bits per heavy atom. The summed E-state index contributed by atoms with van der Waals surface area (Å²) in [6.45, 7) is 0. The normalized spacial score (nSPS) is 10.0. The fraction of sp³-hybridized carbons (Fsp3) is 0.0526. The molecule has 0 unspecified atom stereocenters. The molecule has 1 radical (unpaired) electrons. The zero-order chi connectivity index (χ0) is 18.5. The second-order valence-electron chi connectivity index (χ2n) is 5.57. The van der Waals surface area contributed by atoms with Gasteiger partial charge in [0.05, 0.1) is 11.2 Å². The molecule has 0 spiro atoms. The van der Waals surface area contributed by atoms with Gasteiger partial charge in [0.2, 0.25) is 0 Å². The average Bonchev–Trinajstić information content (AvgIpc) is 3.50. The minimum absolute atomic E-state index is 0. The molecule has 28 heavy (non-hydrogen) atoms. The zero-order valence-electron chi connectivity index (χ0n) is 14.8. The van der Waals surface area contributed by atoms with Crippen molar-refractivity contribution >= 4 is 11.3 Å². The Bertz CT molecular complexity index is 1080. The third-order valence-corrected chi connectivity index (χ3v) is 4.27. The summed E-state index contributed by atoms with van der Waals surface area (Å²) in [6.07, 6.45) is 8.28. The number of thiazole rings is 1. The van der Waals surface area contributed by atoms with Crippen LogP contribution >= 0.6 is 11.3 Å². The molecule has 7 nitrogen and oxygen atoms in total. The van der Waals surface area contributed by atoms with Gasteiger partial charge in [-0.15, -0.1) is 17.5 Å². The van der Waals surface area contributed by atoms with Gasteiger partial charge in [0.25, 0.3) is 0 Å². The van der Waals surface area contributed by atoms with Crippen molar-refractivity contribution in [2.75, 3.05) is 0 Å².